The third-order valence-corrected chi connectivity index (χ3v) is 3.44. The summed E-state index contributed by atoms with van der Waals surface area (Å²) in [6.45, 7) is -1.79. The molecule has 5 nitrogen and oxygen atoms in total. The summed E-state index contributed by atoms with van der Waals surface area (Å²) in [4.78, 5) is 24.5. The van der Waals surface area contributed by atoms with Crippen LogP contribution >= 0.6 is 0 Å². The molecule has 0 radical (unpaired) electrons. The van der Waals surface area contributed by atoms with Crippen LogP contribution in [0.4, 0.5) is 13.2 Å². The number of fused-ring (bicyclic) bond motifs is 1. The Balaban J connectivity index is 2.42. The van der Waals surface area contributed by atoms with Crippen LogP contribution < -0.4 is 0 Å². The second kappa shape index (κ2) is 5.86. The zero-order valence-electron chi connectivity index (χ0n) is 11.7. The van der Waals surface area contributed by atoms with Crippen LogP contribution in [0.2, 0.25) is 0 Å². The highest BCUT2D eigenvalue weighted by atomic mass is 19.4. The molecule has 1 amide bonds. The fraction of sp³-hybridized carbons (Fsp3) is 0.429. The summed E-state index contributed by atoms with van der Waals surface area (Å²) in [5.74, 6) is -3.24. The van der Waals surface area contributed by atoms with E-state index in [4.69, 9.17) is 0 Å². The standard InChI is InChI=1S/C14H14F3NO4/c1-22-13(21)11-5-8-2-3-10(19)4-9(8)6-18(12(11)20)7-14(15,16)17/h2-4,11,19H,5-7H2,1H3. The minimum atomic E-state index is -4.59. The van der Waals surface area contributed by atoms with Gasteiger partial charge in [0.2, 0.25) is 5.91 Å². The molecule has 1 heterocycles. The van der Waals surface area contributed by atoms with Gasteiger partial charge in [0.15, 0.2) is 0 Å². The van der Waals surface area contributed by atoms with Crippen molar-refractivity contribution in [2.45, 2.75) is 19.1 Å². The van der Waals surface area contributed by atoms with E-state index in [2.05, 4.69) is 4.74 Å². The third-order valence-electron chi connectivity index (χ3n) is 3.44. The van der Waals surface area contributed by atoms with E-state index in [9.17, 15) is 27.9 Å². The van der Waals surface area contributed by atoms with Crippen LogP contribution in [0.5, 0.6) is 5.75 Å². The Hall–Kier alpha value is -2.25. The second-order valence-electron chi connectivity index (χ2n) is 5.04. The highest BCUT2D eigenvalue weighted by Crippen LogP contribution is 2.29. The fourth-order valence-corrected chi connectivity index (χ4v) is 2.45. The summed E-state index contributed by atoms with van der Waals surface area (Å²) in [5, 5.41) is 9.47. The summed E-state index contributed by atoms with van der Waals surface area (Å²) in [6.07, 6.45) is -4.65. The molecule has 120 valence electrons. The lowest BCUT2D eigenvalue weighted by Gasteiger charge is -2.24. The van der Waals surface area contributed by atoms with Gasteiger partial charge in [0.25, 0.3) is 0 Å². The van der Waals surface area contributed by atoms with Crippen molar-refractivity contribution in [3.63, 3.8) is 0 Å². The molecule has 1 unspecified atom stereocenters. The van der Waals surface area contributed by atoms with E-state index in [1.807, 2.05) is 0 Å². The number of nitrogens with zero attached hydrogens (tertiary/aromatic N) is 1. The average molecular weight is 317 g/mol. The number of aromatic hydroxyl groups is 1. The Bertz CT molecular complexity index is 600. The van der Waals surface area contributed by atoms with Gasteiger partial charge in [-0.2, -0.15) is 13.2 Å². The molecule has 0 spiro atoms. The normalized spacial score (nSPS) is 18.6. The first kappa shape index (κ1) is 16.1. The summed E-state index contributed by atoms with van der Waals surface area (Å²) in [5.41, 5.74) is 0.912. The molecular formula is C14H14F3NO4. The molecule has 1 aliphatic heterocycles. The van der Waals surface area contributed by atoms with E-state index < -0.39 is 30.5 Å². The highest BCUT2D eigenvalue weighted by Gasteiger charge is 2.40. The van der Waals surface area contributed by atoms with E-state index in [0.29, 0.717) is 16.0 Å². The smallest absolute Gasteiger partial charge is 0.406 e. The van der Waals surface area contributed by atoms with Gasteiger partial charge >= 0.3 is 12.1 Å². The van der Waals surface area contributed by atoms with Crippen molar-refractivity contribution in [2.75, 3.05) is 13.7 Å². The van der Waals surface area contributed by atoms with Crippen molar-refractivity contribution in [2.24, 2.45) is 5.92 Å². The van der Waals surface area contributed by atoms with Gasteiger partial charge in [-0.25, -0.2) is 0 Å². The van der Waals surface area contributed by atoms with Crippen LogP contribution in [0, 0.1) is 5.92 Å². The monoisotopic (exact) mass is 317 g/mol. The first-order valence-corrected chi connectivity index (χ1v) is 6.45. The number of rotatable bonds is 2. The lowest BCUT2D eigenvalue weighted by Crippen LogP contribution is -2.43. The molecule has 2 rings (SSSR count). The predicted octanol–water partition coefficient (Wildman–Crippen LogP) is 1.63. The zero-order chi connectivity index (χ0) is 16.5. The molecule has 1 atom stereocenters. The third kappa shape index (κ3) is 3.49. The first-order valence-electron chi connectivity index (χ1n) is 6.45. The van der Waals surface area contributed by atoms with E-state index in [0.717, 1.165) is 7.11 Å². The van der Waals surface area contributed by atoms with Crippen LogP contribution in [0.1, 0.15) is 11.1 Å². The maximum Gasteiger partial charge on any atom is 0.406 e. The Kier molecular flexibility index (Phi) is 4.30. The SMILES string of the molecule is COC(=O)C1Cc2ccc(O)cc2CN(CC(F)(F)F)C1=O. The van der Waals surface area contributed by atoms with Crippen molar-refractivity contribution in [3.05, 3.63) is 29.3 Å². The average Bonchev–Trinajstić information content (AvgIpc) is 2.54. The van der Waals surface area contributed by atoms with Crippen molar-refractivity contribution >= 4 is 11.9 Å². The lowest BCUT2D eigenvalue weighted by atomic mass is 9.97. The maximum atomic E-state index is 12.7. The summed E-state index contributed by atoms with van der Waals surface area (Å²) < 4.78 is 42.5. The van der Waals surface area contributed by atoms with Gasteiger partial charge in [0, 0.05) is 6.54 Å². The fourth-order valence-electron chi connectivity index (χ4n) is 2.45. The van der Waals surface area contributed by atoms with Crippen molar-refractivity contribution in [1.29, 1.82) is 0 Å². The molecule has 1 aromatic carbocycles. The largest absolute Gasteiger partial charge is 0.508 e. The number of hydrogen-bond acceptors (Lipinski definition) is 4. The van der Waals surface area contributed by atoms with E-state index in [1.54, 1.807) is 0 Å². The Morgan fingerprint density at radius 2 is 2.09 bits per heavy atom. The highest BCUT2D eigenvalue weighted by molar-refractivity contribution is 5.98. The predicted molar refractivity (Wildman–Crippen MR) is 68.8 cm³/mol. The Labute approximate surface area is 124 Å². The molecule has 0 saturated carbocycles. The number of hydrogen-bond donors (Lipinski definition) is 1. The van der Waals surface area contributed by atoms with Crippen LogP contribution in [0.3, 0.4) is 0 Å². The minimum Gasteiger partial charge on any atom is -0.508 e. The number of phenols is 1. The van der Waals surface area contributed by atoms with Gasteiger partial charge in [-0.3, -0.25) is 9.59 Å². The van der Waals surface area contributed by atoms with Crippen LogP contribution in [-0.2, 0) is 27.3 Å². The second-order valence-corrected chi connectivity index (χ2v) is 5.04. The molecule has 22 heavy (non-hydrogen) atoms. The van der Waals surface area contributed by atoms with E-state index >= 15 is 0 Å². The van der Waals surface area contributed by atoms with Gasteiger partial charge in [0.1, 0.15) is 18.2 Å². The van der Waals surface area contributed by atoms with Gasteiger partial charge < -0.3 is 14.7 Å². The summed E-state index contributed by atoms with van der Waals surface area (Å²) in [6, 6.07) is 4.15. The number of phenolic OH excluding ortho intramolecular Hbond substituents is 1. The molecule has 0 fully saturated rings. The molecule has 0 aromatic heterocycles. The number of carbonyl (C=O) groups is 2. The molecule has 1 aromatic rings. The number of halogens is 3. The summed E-state index contributed by atoms with van der Waals surface area (Å²) >= 11 is 0. The van der Waals surface area contributed by atoms with Crippen molar-refractivity contribution in [3.8, 4) is 5.75 Å². The van der Waals surface area contributed by atoms with Gasteiger partial charge in [-0.1, -0.05) is 6.07 Å². The molecule has 0 bridgehead atoms. The van der Waals surface area contributed by atoms with Crippen LogP contribution in [0.25, 0.3) is 0 Å². The topological polar surface area (TPSA) is 66.8 Å². The lowest BCUT2D eigenvalue weighted by molar-refractivity contribution is -0.169. The van der Waals surface area contributed by atoms with E-state index in [-0.39, 0.29) is 18.7 Å². The van der Waals surface area contributed by atoms with Crippen molar-refractivity contribution in [1.82, 2.24) is 4.90 Å². The number of amides is 1. The molecule has 0 aliphatic carbocycles. The van der Waals surface area contributed by atoms with Gasteiger partial charge in [-0.05, 0) is 29.7 Å². The van der Waals surface area contributed by atoms with Crippen molar-refractivity contribution < 1.29 is 32.6 Å². The van der Waals surface area contributed by atoms with Crippen LogP contribution in [-0.4, -0.2) is 41.7 Å². The number of methoxy groups -OCH3 is 1. The first-order chi connectivity index (χ1) is 10.2. The number of alkyl halides is 3. The number of esters is 1. The molecule has 1 N–H and O–H groups in total. The summed E-state index contributed by atoms with van der Waals surface area (Å²) in [7, 11) is 1.08. The number of benzene rings is 1. The van der Waals surface area contributed by atoms with E-state index in [1.165, 1.54) is 18.2 Å². The molecule has 8 heteroatoms. The minimum absolute atomic E-state index is 0.0600. The molecular weight excluding hydrogens is 303 g/mol. The Morgan fingerprint density at radius 3 is 2.68 bits per heavy atom. The number of carbonyl (C=O) groups excluding carboxylic acids is 2. The molecule has 0 saturated heterocycles. The number of ether oxygens (including phenoxy) is 1. The Morgan fingerprint density at radius 1 is 1.41 bits per heavy atom. The maximum absolute atomic E-state index is 12.7. The zero-order valence-corrected chi connectivity index (χ0v) is 11.7. The van der Waals surface area contributed by atoms with Gasteiger partial charge in [0.05, 0.1) is 7.11 Å². The molecule has 1 aliphatic rings. The quantitative estimate of drug-likeness (QED) is 0.665. The van der Waals surface area contributed by atoms with Crippen LogP contribution in [0.15, 0.2) is 18.2 Å². The van der Waals surface area contributed by atoms with Gasteiger partial charge in [-0.15, -0.1) is 0 Å².